The standard InChI is InChI=1S/C10H19ClO/c1-7(8(2)11)9-5-4-6-10(9)12-3/h7-10H,4-6H2,1-3H3. The average molecular weight is 191 g/mol. The molecule has 1 saturated carbocycles. The summed E-state index contributed by atoms with van der Waals surface area (Å²) in [6.07, 6.45) is 4.27. The van der Waals surface area contributed by atoms with E-state index in [9.17, 15) is 0 Å². The Balaban J connectivity index is 2.49. The first kappa shape index (κ1) is 10.3. The molecular formula is C10H19ClO. The maximum Gasteiger partial charge on any atom is 0.0602 e. The van der Waals surface area contributed by atoms with Crippen LogP contribution in [0.5, 0.6) is 0 Å². The van der Waals surface area contributed by atoms with Crippen molar-refractivity contribution >= 4 is 11.6 Å². The van der Waals surface area contributed by atoms with E-state index in [1.807, 2.05) is 7.11 Å². The van der Waals surface area contributed by atoms with Crippen LogP contribution in [0.3, 0.4) is 0 Å². The van der Waals surface area contributed by atoms with E-state index in [2.05, 4.69) is 13.8 Å². The zero-order valence-electron chi connectivity index (χ0n) is 8.22. The largest absolute Gasteiger partial charge is 0.381 e. The lowest BCUT2D eigenvalue weighted by Gasteiger charge is -2.26. The zero-order chi connectivity index (χ0) is 9.14. The van der Waals surface area contributed by atoms with E-state index in [4.69, 9.17) is 16.3 Å². The number of ether oxygens (including phenoxy) is 1. The number of hydrogen-bond acceptors (Lipinski definition) is 1. The molecule has 1 fully saturated rings. The summed E-state index contributed by atoms with van der Waals surface area (Å²) in [5.74, 6) is 1.27. The van der Waals surface area contributed by atoms with Gasteiger partial charge in [-0.05, 0) is 31.6 Å². The highest BCUT2D eigenvalue weighted by Gasteiger charge is 2.33. The van der Waals surface area contributed by atoms with Crippen molar-refractivity contribution in [1.82, 2.24) is 0 Å². The van der Waals surface area contributed by atoms with E-state index in [-0.39, 0.29) is 5.38 Å². The maximum atomic E-state index is 6.07. The molecule has 0 saturated heterocycles. The predicted octanol–water partition coefficient (Wildman–Crippen LogP) is 3.06. The van der Waals surface area contributed by atoms with Gasteiger partial charge in [0.05, 0.1) is 6.10 Å². The van der Waals surface area contributed by atoms with Crippen molar-refractivity contribution < 1.29 is 4.74 Å². The van der Waals surface area contributed by atoms with Gasteiger partial charge in [-0.2, -0.15) is 0 Å². The van der Waals surface area contributed by atoms with Crippen LogP contribution >= 0.6 is 11.6 Å². The Morgan fingerprint density at radius 1 is 1.33 bits per heavy atom. The highest BCUT2D eigenvalue weighted by atomic mass is 35.5. The fourth-order valence-corrected chi connectivity index (χ4v) is 2.38. The summed E-state index contributed by atoms with van der Waals surface area (Å²) in [7, 11) is 1.81. The Bertz CT molecular complexity index is 136. The second kappa shape index (κ2) is 4.48. The Morgan fingerprint density at radius 3 is 2.50 bits per heavy atom. The quantitative estimate of drug-likeness (QED) is 0.622. The van der Waals surface area contributed by atoms with Gasteiger partial charge in [-0.25, -0.2) is 0 Å². The predicted molar refractivity (Wildman–Crippen MR) is 52.6 cm³/mol. The molecule has 0 heterocycles. The molecule has 2 heteroatoms. The summed E-state index contributed by atoms with van der Waals surface area (Å²) >= 11 is 6.07. The lowest BCUT2D eigenvalue weighted by molar-refractivity contribution is 0.0508. The Kier molecular flexibility index (Phi) is 3.85. The van der Waals surface area contributed by atoms with Gasteiger partial charge in [-0.15, -0.1) is 11.6 Å². The monoisotopic (exact) mass is 190 g/mol. The van der Waals surface area contributed by atoms with Gasteiger partial charge in [0.15, 0.2) is 0 Å². The fraction of sp³-hybridized carbons (Fsp3) is 1.00. The molecule has 1 nitrogen and oxygen atoms in total. The van der Waals surface area contributed by atoms with Crippen molar-refractivity contribution in [2.24, 2.45) is 11.8 Å². The Morgan fingerprint density at radius 2 is 2.00 bits per heavy atom. The molecule has 0 aromatic carbocycles. The molecule has 4 atom stereocenters. The number of methoxy groups -OCH3 is 1. The molecule has 4 unspecified atom stereocenters. The van der Waals surface area contributed by atoms with E-state index in [1.165, 1.54) is 19.3 Å². The summed E-state index contributed by atoms with van der Waals surface area (Å²) in [4.78, 5) is 0. The maximum absolute atomic E-state index is 6.07. The molecule has 72 valence electrons. The van der Waals surface area contributed by atoms with Gasteiger partial charge in [0.25, 0.3) is 0 Å². The van der Waals surface area contributed by atoms with E-state index in [0.29, 0.717) is 17.9 Å². The van der Waals surface area contributed by atoms with Crippen molar-refractivity contribution in [2.75, 3.05) is 7.11 Å². The van der Waals surface area contributed by atoms with Crippen LogP contribution in [0.15, 0.2) is 0 Å². The normalized spacial score (nSPS) is 35.0. The van der Waals surface area contributed by atoms with Gasteiger partial charge in [-0.1, -0.05) is 13.3 Å². The first-order chi connectivity index (χ1) is 5.66. The van der Waals surface area contributed by atoms with Gasteiger partial charge in [0, 0.05) is 12.5 Å². The number of rotatable bonds is 3. The second-order valence-electron chi connectivity index (χ2n) is 3.91. The van der Waals surface area contributed by atoms with Gasteiger partial charge in [0.2, 0.25) is 0 Å². The molecule has 0 bridgehead atoms. The topological polar surface area (TPSA) is 9.23 Å². The van der Waals surface area contributed by atoms with Gasteiger partial charge in [-0.3, -0.25) is 0 Å². The van der Waals surface area contributed by atoms with E-state index >= 15 is 0 Å². The lowest BCUT2D eigenvalue weighted by Crippen LogP contribution is -2.27. The molecule has 0 radical (unpaired) electrons. The zero-order valence-corrected chi connectivity index (χ0v) is 8.97. The van der Waals surface area contributed by atoms with Crippen molar-refractivity contribution in [1.29, 1.82) is 0 Å². The molecule has 0 aliphatic heterocycles. The summed E-state index contributed by atoms with van der Waals surface area (Å²) in [5.41, 5.74) is 0. The van der Waals surface area contributed by atoms with Crippen molar-refractivity contribution in [3.8, 4) is 0 Å². The van der Waals surface area contributed by atoms with Gasteiger partial charge in [0.1, 0.15) is 0 Å². The van der Waals surface area contributed by atoms with E-state index < -0.39 is 0 Å². The van der Waals surface area contributed by atoms with Crippen LogP contribution in [-0.2, 0) is 4.74 Å². The Hall–Kier alpha value is 0.250. The summed E-state index contributed by atoms with van der Waals surface area (Å²) < 4.78 is 5.44. The molecule has 1 aliphatic rings. The molecule has 1 rings (SSSR count). The fourth-order valence-electron chi connectivity index (χ4n) is 2.19. The summed E-state index contributed by atoms with van der Waals surface area (Å²) in [5, 5.41) is 0.269. The first-order valence-electron chi connectivity index (χ1n) is 4.83. The Labute approximate surface area is 80.4 Å². The van der Waals surface area contributed by atoms with Crippen LogP contribution in [0.1, 0.15) is 33.1 Å². The molecular weight excluding hydrogens is 172 g/mol. The van der Waals surface area contributed by atoms with Crippen LogP contribution in [-0.4, -0.2) is 18.6 Å². The first-order valence-corrected chi connectivity index (χ1v) is 5.27. The van der Waals surface area contributed by atoms with Crippen LogP contribution in [0.4, 0.5) is 0 Å². The third-order valence-electron chi connectivity index (χ3n) is 3.21. The number of hydrogen-bond donors (Lipinski definition) is 0. The average Bonchev–Trinajstić information content (AvgIpc) is 2.49. The summed E-state index contributed by atoms with van der Waals surface area (Å²) in [6, 6.07) is 0. The molecule has 0 amide bonds. The highest BCUT2D eigenvalue weighted by Crippen LogP contribution is 2.36. The van der Waals surface area contributed by atoms with Crippen LogP contribution in [0.2, 0.25) is 0 Å². The van der Waals surface area contributed by atoms with Crippen LogP contribution < -0.4 is 0 Å². The smallest absolute Gasteiger partial charge is 0.0602 e. The lowest BCUT2D eigenvalue weighted by atomic mass is 9.88. The third kappa shape index (κ3) is 2.14. The SMILES string of the molecule is COC1CCCC1C(C)C(C)Cl. The molecule has 1 aliphatic carbocycles. The van der Waals surface area contributed by atoms with E-state index in [0.717, 1.165) is 0 Å². The minimum absolute atomic E-state index is 0.269. The molecule has 12 heavy (non-hydrogen) atoms. The molecule has 0 aromatic rings. The number of halogens is 1. The van der Waals surface area contributed by atoms with Crippen molar-refractivity contribution in [3.05, 3.63) is 0 Å². The van der Waals surface area contributed by atoms with Crippen molar-refractivity contribution in [2.45, 2.75) is 44.6 Å². The van der Waals surface area contributed by atoms with Crippen LogP contribution in [0.25, 0.3) is 0 Å². The van der Waals surface area contributed by atoms with Crippen LogP contribution in [0, 0.1) is 11.8 Å². The molecule has 0 N–H and O–H groups in total. The minimum atomic E-state index is 0.269. The van der Waals surface area contributed by atoms with E-state index in [1.54, 1.807) is 0 Å². The van der Waals surface area contributed by atoms with Gasteiger partial charge < -0.3 is 4.74 Å². The van der Waals surface area contributed by atoms with Gasteiger partial charge >= 0.3 is 0 Å². The molecule has 0 aromatic heterocycles. The second-order valence-corrected chi connectivity index (χ2v) is 4.59. The number of alkyl halides is 1. The third-order valence-corrected chi connectivity index (χ3v) is 3.60. The highest BCUT2D eigenvalue weighted by molar-refractivity contribution is 6.20. The van der Waals surface area contributed by atoms with Crippen molar-refractivity contribution in [3.63, 3.8) is 0 Å². The minimum Gasteiger partial charge on any atom is -0.381 e. The molecule has 0 spiro atoms. The summed E-state index contributed by atoms with van der Waals surface area (Å²) in [6.45, 7) is 4.32.